The number of ether oxygens (including phenoxy) is 2. The number of benzene rings is 2. The Bertz CT molecular complexity index is 718. The molecule has 4 heteroatoms. The minimum absolute atomic E-state index is 0.0946. The van der Waals surface area contributed by atoms with Crippen molar-refractivity contribution in [1.82, 2.24) is 4.90 Å². The van der Waals surface area contributed by atoms with Crippen molar-refractivity contribution >= 4 is 5.91 Å². The third-order valence-corrected chi connectivity index (χ3v) is 4.42. The molecule has 3 rings (SSSR count). The monoisotopic (exact) mass is 339 g/mol. The van der Waals surface area contributed by atoms with E-state index in [9.17, 15) is 4.79 Å². The zero-order chi connectivity index (χ0) is 17.6. The first-order chi connectivity index (χ1) is 12.2. The number of carbonyl (C=O) groups is 1. The highest BCUT2D eigenvalue weighted by Crippen LogP contribution is 2.24. The Kier molecular flexibility index (Phi) is 5.59. The summed E-state index contributed by atoms with van der Waals surface area (Å²) in [6.45, 7) is 6.65. The normalized spacial score (nSPS) is 13.8. The molecule has 25 heavy (non-hydrogen) atoms. The number of hydrogen-bond donors (Lipinski definition) is 0. The van der Waals surface area contributed by atoms with Crippen molar-refractivity contribution in [3.63, 3.8) is 0 Å². The second kappa shape index (κ2) is 8.06. The third-order valence-electron chi connectivity index (χ3n) is 4.42. The average molecular weight is 339 g/mol. The van der Waals surface area contributed by atoms with E-state index >= 15 is 0 Å². The highest BCUT2D eigenvalue weighted by Gasteiger charge is 2.20. The van der Waals surface area contributed by atoms with Crippen molar-refractivity contribution in [2.45, 2.75) is 33.3 Å². The van der Waals surface area contributed by atoms with Crippen LogP contribution in [0.4, 0.5) is 0 Å². The van der Waals surface area contributed by atoms with Gasteiger partial charge in [-0.25, -0.2) is 0 Å². The maximum atomic E-state index is 12.6. The van der Waals surface area contributed by atoms with Gasteiger partial charge < -0.3 is 14.4 Å². The summed E-state index contributed by atoms with van der Waals surface area (Å²) in [5.41, 5.74) is 2.79. The number of nitrogens with zero attached hydrogens (tertiary/aromatic N) is 1. The van der Waals surface area contributed by atoms with E-state index in [2.05, 4.69) is 0 Å². The van der Waals surface area contributed by atoms with Gasteiger partial charge in [-0.1, -0.05) is 17.7 Å². The van der Waals surface area contributed by atoms with E-state index in [1.54, 1.807) is 0 Å². The van der Waals surface area contributed by atoms with Gasteiger partial charge in [0, 0.05) is 24.2 Å². The third kappa shape index (κ3) is 4.32. The number of hydrogen-bond acceptors (Lipinski definition) is 3. The molecule has 0 radical (unpaired) electrons. The van der Waals surface area contributed by atoms with Gasteiger partial charge in [0.05, 0.1) is 6.61 Å². The summed E-state index contributed by atoms with van der Waals surface area (Å²) >= 11 is 0. The summed E-state index contributed by atoms with van der Waals surface area (Å²) in [6.07, 6.45) is 2.18. The molecule has 1 amide bonds. The van der Waals surface area contributed by atoms with Crippen molar-refractivity contribution in [2.24, 2.45) is 0 Å². The van der Waals surface area contributed by atoms with E-state index in [4.69, 9.17) is 9.47 Å². The highest BCUT2D eigenvalue weighted by atomic mass is 16.5. The Balaban J connectivity index is 1.77. The number of amides is 1. The SMILES string of the molecule is CCOc1ccc(C(=O)N2CCCC2)cc1COc1ccc(C)cc1. The van der Waals surface area contributed by atoms with Crippen molar-refractivity contribution in [1.29, 1.82) is 0 Å². The summed E-state index contributed by atoms with van der Waals surface area (Å²) in [5.74, 6) is 1.68. The molecule has 0 bridgehead atoms. The Hall–Kier alpha value is -2.49. The van der Waals surface area contributed by atoms with Gasteiger partial charge in [-0.2, -0.15) is 0 Å². The molecule has 0 aliphatic carbocycles. The molecule has 0 saturated carbocycles. The first-order valence-corrected chi connectivity index (χ1v) is 8.92. The van der Waals surface area contributed by atoms with Crippen LogP contribution in [0.1, 0.15) is 41.3 Å². The van der Waals surface area contributed by atoms with Crippen LogP contribution in [-0.4, -0.2) is 30.5 Å². The van der Waals surface area contributed by atoms with E-state index in [1.165, 1.54) is 5.56 Å². The van der Waals surface area contributed by atoms with E-state index in [0.717, 1.165) is 43.0 Å². The average Bonchev–Trinajstić information content (AvgIpc) is 3.16. The van der Waals surface area contributed by atoms with Crippen LogP contribution in [0, 0.1) is 6.92 Å². The molecular weight excluding hydrogens is 314 g/mol. The lowest BCUT2D eigenvalue weighted by Crippen LogP contribution is -2.27. The fourth-order valence-electron chi connectivity index (χ4n) is 3.02. The van der Waals surface area contributed by atoms with Gasteiger partial charge in [0.15, 0.2) is 0 Å². The van der Waals surface area contributed by atoms with Crippen LogP contribution in [0.15, 0.2) is 42.5 Å². The van der Waals surface area contributed by atoms with Gasteiger partial charge in [-0.15, -0.1) is 0 Å². The van der Waals surface area contributed by atoms with Gasteiger partial charge in [0.2, 0.25) is 0 Å². The molecule has 1 fully saturated rings. The van der Waals surface area contributed by atoms with E-state index in [0.29, 0.717) is 18.8 Å². The molecule has 2 aromatic rings. The molecule has 2 aromatic carbocycles. The van der Waals surface area contributed by atoms with Crippen molar-refractivity contribution < 1.29 is 14.3 Å². The zero-order valence-electron chi connectivity index (χ0n) is 15.0. The van der Waals surface area contributed by atoms with Crippen LogP contribution in [0.5, 0.6) is 11.5 Å². The Morgan fingerprint density at radius 3 is 2.44 bits per heavy atom. The summed E-state index contributed by atoms with van der Waals surface area (Å²) in [6, 6.07) is 13.6. The van der Waals surface area contributed by atoms with Crippen molar-refractivity contribution in [3.8, 4) is 11.5 Å². The maximum absolute atomic E-state index is 12.6. The molecule has 1 heterocycles. The second-order valence-electron chi connectivity index (χ2n) is 6.36. The van der Waals surface area contributed by atoms with Crippen LogP contribution in [0.3, 0.4) is 0 Å². The first kappa shape index (κ1) is 17.3. The maximum Gasteiger partial charge on any atom is 0.253 e. The zero-order valence-corrected chi connectivity index (χ0v) is 15.0. The van der Waals surface area contributed by atoms with Crippen molar-refractivity contribution in [2.75, 3.05) is 19.7 Å². The van der Waals surface area contributed by atoms with Crippen LogP contribution in [0.2, 0.25) is 0 Å². The predicted molar refractivity (Wildman–Crippen MR) is 98.3 cm³/mol. The highest BCUT2D eigenvalue weighted by molar-refractivity contribution is 5.94. The van der Waals surface area contributed by atoms with E-state index in [-0.39, 0.29) is 5.91 Å². The topological polar surface area (TPSA) is 38.8 Å². The van der Waals surface area contributed by atoms with Gasteiger partial charge in [-0.05, 0) is 57.0 Å². The fourth-order valence-corrected chi connectivity index (χ4v) is 3.02. The Morgan fingerprint density at radius 2 is 1.76 bits per heavy atom. The molecular formula is C21H25NO3. The minimum atomic E-state index is 0.0946. The molecule has 4 nitrogen and oxygen atoms in total. The van der Waals surface area contributed by atoms with Gasteiger partial charge in [0.1, 0.15) is 18.1 Å². The summed E-state index contributed by atoms with van der Waals surface area (Å²) in [5, 5.41) is 0. The van der Waals surface area contributed by atoms with E-state index < -0.39 is 0 Å². The van der Waals surface area contributed by atoms with Gasteiger partial charge in [0.25, 0.3) is 5.91 Å². The van der Waals surface area contributed by atoms with Crippen LogP contribution < -0.4 is 9.47 Å². The summed E-state index contributed by atoms with van der Waals surface area (Å²) in [7, 11) is 0. The Morgan fingerprint density at radius 1 is 1.04 bits per heavy atom. The molecule has 1 aliphatic heterocycles. The number of aryl methyl sites for hydroxylation is 1. The molecule has 0 N–H and O–H groups in total. The summed E-state index contributed by atoms with van der Waals surface area (Å²) < 4.78 is 11.6. The Labute approximate surface area is 149 Å². The lowest BCUT2D eigenvalue weighted by Gasteiger charge is -2.17. The van der Waals surface area contributed by atoms with Crippen LogP contribution >= 0.6 is 0 Å². The fraction of sp³-hybridized carbons (Fsp3) is 0.381. The number of rotatable bonds is 6. The standard InChI is InChI=1S/C21H25NO3/c1-3-24-20-11-8-17(21(23)22-12-4-5-13-22)14-18(20)15-25-19-9-6-16(2)7-10-19/h6-11,14H,3-5,12-13,15H2,1-2H3. The van der Waals surface area contributed by atoms with Crippen molar-refractivity contribution in [3.05, 3.63) is 59.2 Å². The second-order valence-corrected chi connectivity index (χ2v) is 6.36. The van der Waals surface area contributed by atoms with E-state index in [1.807, 2.05) is 61.2 Å². The molecule has 0 atom stereocenters. The molecule has 0 aromatic heterocycles. The molecule has 1 saturated heterocycles. The van der Waals surface area contributed by atoms with Crippen LogP contribution in [0.25, 0.3) is 0 Å². The largest absolute Gasteiger partial charge is 0.493 e. The lowest BCUT2D eigenvalue weighted by molar-refractivity contribution is 0.0792. The van der Waals surface area contributed by atoms with Gasteiger partial charge >= 0.3 is 0 Å². The summed E-state index contributed by atoms with van der Waals surface area (Å²) in [4.78, 5) is 14.5. The quantitative estimate of drug-likeness (QED) is 0.791. The molecule has 0 unspecified atom stereocenters. The molecule has 1 aliphatic rings. The van der Waals surface area contributed by atoms with Crippen LogP contribution in [-0.2, 0) is 6.61 Å². The molecule has 0 spiro atoms. The molecule has 132 valence electrons. The van der Waals surface area contributed by atoms with Gasteiger partial charge in [-0.3, -0.25) is 4.79 Å². The first-order valence-electron chi connectivity index (χ1n) is 8.92. The number of likely N-dealkylation sites (tertiary alicyclic amines) is 1. The predicted octanol–water partition coefficient (Wildman–Crippen LogP) is 4.21. The lowest BCUT2D eigenvalue weighted by atomic mass is 10.1. The minimum Gasteiger partial charge on any atom is -0.493 e. The number of carbonyl (C=O) groups excluding carboxylic acids is 1. The smallest absolute Gasteiger partial charge is 0.253 e.